The number of primary amides is 1. The third kappa shape index (κ3) is 5.26. The third-order valence-electron chi connectivity index (χ3n) is 3.84. The molecule has 0 aliphatic heterocycles. The van der Waals surface area contributed by atoms with Crippen molar-refractivity contribution in [3.63, 3.8) is 0 Å². The van der Waals surface area contributed by atoms with Gasteiger partial charge in [-0.25, -0.2) is 22.2 Å². The highest BCUT2D eigenvalue weighted by Crippen LogP contribution is 2.19. The Labute approximate surface area is 170 Å². The predicted molar refractivity (Wildman–Crippen MR) is 104 cm³/mol. The Kier molecular flexibility index (Phi) is 5.91. The van der Waals surface area contributed by atoms with Gasteiger partial charge >= 0.3 is 0 Å². The quantitative estimate of drug-likeness (QED) is 0.446. The van der Waals surface area contributed by atoms with E-state index in [2.05, 4.69) is 25.7 Å². The average molecular weight is 437 g/mol. The summed E-state index contributed by atoms with van der Waals surface area (Å²) in [4.78, 5) is 18.6. The zero-order valence-electron chi connectivity index (χ0n) is 15.6. The molecule has 2 heterocycles. The highest BCUT2D eigenvalue weighted by molar-refractivity contribution is 7.90. The molecule has 13 heteroatoms. The number of hydrogen-bond donors (Lipinski definition) is 3. The monoisotopic (exact) mass is 437 g/mol. The highest BCUT2D eigenvalue weighted by atomic mass is 32.2. The molecule has 1 aromatic carbocycles. The molecule has 0 atom stereocenters. The van der Waals surface area contributed by atoms with Gasteiger partial charge < -0.3 is 16.4 Å². The van der Waals surface area contributed by atoms with Crippen molar-refractivity contribution in [3.8, 4) is 0 Å². The maximum atomic E-state index is 14.1. The molecule has 10 nitrogen and oxygen atoms in total. The van der Waals surface area contributed by atoms with Gasteiger partial charge in [-0.3, -0.25) is 9.48 Å². The first-order valence-corrected chi connectivity index (χ1v) is 10.3. The Morgan fingerprint density at radius 3 is 2.70 bits per heavy atom. The lowest BCUT2D eigenvalue weighted by molar-refractivity contribution is -0.118. The van der Waals surface area contributed by atoms with E-state index in [1.54, 1.807) is 0 Å². The first-order chi connectivity index (χ1) is 14.1. The lowest BCUT2D eigenvalue weighted by Gasteiger charge is -2.10. The van der Waals surface area contributed by atoms with Crippen molar-refractivity contribution in [2.24, 2.45) is 5.73 Å². The van der Waals surface area contributed by atoms with E-state index in [1.807, 2.05) is 0 Å². The number of hydrogen-bond acceptors (Lipinski definition) is 8. The minimum atomic E-state index is -3.52. The Hall–Kier alpha value is -3.61. The number of carbonyl (C=O) groups is 1. The van der Waals surface area contributed by atoms with Crippen LogP contribution in [0.25, 0.3) is 0 Å². The van der Waals surface area contributed by atoms with Gasteiger partial charge in [0.25, 0.3) is 0 Å². The molecule has 0 spiro atoms. The minimum absolute atomic E-state index is 0.0166. The summed E-state index contributed by atoms with van der Waals surface area (Å²) in [6.45, 7) is -0.323. The standard InChI is InChI=1S/C17H17F2N7O3S/c1-30(28,29)12-2-3-13(18)10(4-12)5-21-16-14(19)7-22-17(25-16)24-11-6-23-26(8-11)9-15(20)27/h2-4,6-8H,5,9H2,1H3,(H2,20,27)(H2,21,22,24,25). The molecule has 1 amide bonds. The summed E-state index contributed by atoms with van der Waals surface area (Å²) in [5.41, 5.74) is 5.55. The van der Waals surface area contributed by atoms with E-state index in [0.29, 0.717) is 5.69 Å². The molecule has 4 N–H and O–H groups in total. The Morgan fingerprint density at radius 1 is 1.23 bits per heavy atom. The van der Waals surface area contributed by atoms with Gasteiger partial charge in [-0.05, 0) is 18.2 Å². The van der Waals surface area contributed by atoms with E-state index < -0.39 is 27.4 Å². The number of carbonyl (C=O) groups excluding carboxylic acids is 1. The van der Waals surface area contributed by atoms with Crippen LogP contribution >= 0.6 is 0 Å². The van der Waals surface area contributed by atoms with E-state index in [-0.39, 0.29) is 35.3 Å². The van der Waals surface area contributed by atoms with Crippen LogP contribution in [0.4, 0.5) is 26.2 Å². The van der Waals surface area contributed by atoms with Crippen molar-refractivity contribution in [3.05, 3.63) is 54.0 Å². The van der Waals surface area contributed by atoms with E-state index in [4.69, 9.17) is 5.73 Å². The van der Waals surface area contributed by atoms with Gasteiger partial charge in [0.05, 0.1) is 23.0 Å². The van der Waals surface area contributed by atoms with Crippen LogP contribution < -0.4 is 16.4 Å². The van der Waals surface area contributed by atoms with Gasteiger partial charge in [0, 0.05) is 24.6 Å². The van der Waals surface area contributed by atoms with Gasteiger partial charge in [0.1, 0.15) is 12.4 Å². The fraction of sp³-hybridized carbons (Fsp3) is 0.176. The second-order valence-electron chi connectivity index (χ2n) is 6.29. The smallest absolute Gasteiger partial charge is 0.239 e. The molecule has 158 valence electrons. The van der Waals surface area contributed by atoms with E-state index in [9.17, 15) is 22.0 Å². The minimum Gasteiger partial charge on any atom is -0.368 e. The zero-order valence-corrected chi connectivity index (χ0v) is 16.4. The van der Waals surface area contributed by atoms with Gasteiger partial charge in [-0.1, -0.05) is 0 Å². The summed E-state index contributed by atoms with van der Waals surface area (Å²) >= 11 is 0. The Morgan fingerprint density at radius 2 is 2.00 bits per heavy atom. The van der Waals surface area contributed by atoms with Gasteiger partial charge in [-0.2, -0.15) is 10.1 Å². The molecule has 3 rings (SSSR count). The van der Waals surface area contributed by atoms with Crippen LogP contribution in [0.1, 0.15) is 5.56 Å². The van der Waals surface area contributed by atoms with Crippen molar-refractivity contribution in [1.29, 1.82) is 0 Å². The van der Waals surface area contributed by atoms with E-state index >= 15 is 0 Å². The Balaban J connectivity index is 1.75. The van der Waals surface area contributed by atoms with Crippen LogP contribution in [0, 0.1) is 11.6 Å². The first-order valence-electron chi connectivity index (χ1n) is 8.44. The highest BCUT2D eigenvalue weighted by Gasteiger charge is 2.13. The maximum Gasteiger partial charge on any atom is 0.239 e. The molecule has 0 radical (unpaired) electrons. The largest absolute Gasteiger partial charge is 0.368 e. The van der Waals surface area contributed by atoms with Crippen molar-refractivity contribution in [1.82, 2.24) is 19.7 Å². The molecular weight excluding hydrogens is 420 g/mol. The number of nitrogens with two attached hydrogens (primary N) is 1. The van der Waals surface area contributed by atoms with Crippen LogP contribution in [-0.2, 0) is 27.7 Å². The number of nitrogens with zero attached hydrogens (tertiary/aromatic N) is 4. The van der Waals surface area contributed by atoms with E-state index in [1.165, 1.54) is 23.1 Å². The molecule has 0 unspecified atom stereocenters. The van der Waals surface area contributed by atoms with Crippen LogP contribution in [0.3, 0.4) is 0 Å². The average Bonchev–Trinajstić information content (AvgIpc) is 3.08. The zero-order chi connectivity index (χ0) is 21.9. The van der Waals surface area contributed by atoms with Crippen molar-refractivity contribution in [2.45, 2.75) is 18.0 Å². The summed E-state index contributed by atoms with van der Waals surface area (Å²) in [5, 5.41) is 9.33. The molecule has 0 saturated carbocycles. The fourth-order valence-corrected chi connectivity index (χ4v) is 3.12. The maximum absolute atomic E-state index is 14.1. The molecule has 0 aliphatic rings. The van der Waals surface area contributed by atoms with Crippen LogP contribution in [0.15, 0.2) is 41.7 Å². The van der Waals surface area contributed by atoms with Crippen molar-refractivity contribution in [2.75, 3.05) is 16.9 Å². The summed E-state index contributed by atoms with van der Waals surface area (Å²) in [6, 6.07) is 3.35. The number of rotatable bonds is 8. The molecule has 0 bridgehead atoms. The number of nitrogens with one attached hydrogen (secondary N) is 2. The van der Waals surface area contributed by atoms with Gasteiger partial charge in [-0.15, -0.1) is 0 Å². The van der Waals surface area contributed by atoms with Crippen LogP contribution in [0.2, 0.25) is 0 Å². The molecule has 3 aromatic rings. The van der Waals surface area contributed by atoms with Crippen LogP contribution in [-0.4, -0.2) is 40.3 Å². The summed E-state index contributed by atoms with van der Waals surface area (Å²) < 4.78 is 52.6. The number of aromatic nitrogens is 4. The molecule has 2 aromatic heterocycles. The van der Waals surface area contributed by atoms with Crippen molar-refractivity contribution >= 4 is 33.2 Å². The summed E-state index contributed by atoms with van der Waals surface area (Å²) in [7, 11) is -3.52. The second-order valence-corrected chi connectivity index (χ2v) is 8.30. The first kappa shape index (κ1) is 21.1. The van der Waals surface area contributed by atoms with E-state index in [0.717, 1.165) is 24.6 Å². The number of halogens is 2. The molecule has 0 aliphatic carbocycles. The topological polar surface area (TPSA) is 145 Å². The molecule has 30 heavy (non-hydrogen) atoms. The van der Waals surface area contributed by atoms with Crippen LogP contribution in [0.5, 0.6) is 0 Å². The van der Waals surface area contributed by atoms with Crippen molar-refractivity contribution < 1.29 is 22.0 Å². The molecule has 0 fully saturated rings. The number of amides is 1. The fourth-order valence-electron chi connectivity index (χ4n) is 2.45. The molecule has 0 saturated heterocycles. The number of sulfone groups is 1. The lowest BCUT2D eigenvalue weighted by Crippen LogP contribution is -2.18. The summed E-state index contributed by atoms with van der Waals surface area (Å²) in [6.07, 6.45) is 4.80. The predicted octanol–water partition coefficient (Wildman–Crippen LogP) is 1.20. The summed E-state index contributed by atoms with van der Waals surface area (Å²) in [5.74, 6) is -2.21. The lowest BCUT2D eigenvalue weighted by atomic mass is 10.2. The Bertz CT molecular complexity index is 1200. The normalized spacial score (nSPS) is 11.3. The number of anilines is 3. The van der Waals surface area contributed by atoms with Gasteiger partial charge in [0.2, 0.25) is 11.9 Å². The molecular formula is C17H17F2N7O3S. The third-order valence-corrected chi connectivity index (χ3v) is 4.95. The van der Waals surface area contributed by atoms with Gasteiger partial charge in [0.15, 0.2) is 21.5 Å². The second kappa shape index (κ2) is 8.41. The SMILES string of the molecule is CS(=O)(=O)c1ccc(F)c(CNc2nc(Nc3cnn(CC(N)=O)c3)ncc2F)c1. The number of benzene rings is 1.